The van der Waals surface area contributed by atoms with Crippen LogP contribution in [0.1, 0.15) is 59.3 Å². The Bertz CT molecular complexity index is 143. The van der Waals surface area contributed by atoms with Crippen LogP contribution in [0.15, 0.2) is 0 Å². The van der Waals surface area contributed by atoms with Crippen LogP contribution in [0.25, 0.3) is 0 Å². The Balaban J connectivity index is 3.10. The van der Waals surface area contributed by atoms with Gasteiger partial charge in [-0.05, 0) is 26.2 Å². The van der Waals surface area contributed by atoms with Crippen molar-refractivity contribution in [1.29, 1.82) is 0 Å². The van der Waals surface area contributed by atoms with E-state index in [4.69, 9.17) is 4.74 Å². The van der Waals surface area contributed by atoms with Gasteiger partial charge in [0.15, 0.2) is 0 Å². The fraction of sp³-hybridized carbons (Fsp3) is 0.917. The van der Waals surface area contributed by atoms with Crippen LogP contribution in [-0.2, 0) is 9.53 Å². The molecule has 84 valence electrons. The summed E-state index contributed by atoms with van der Waals surface area (Å²) in [6.07, 6.45) is 6.12. The molecule has 0 aromatic rings. The third-order valence-corrected chi connectivity index (χ3v) is 2.47. The molecule has 2 heteroatoms. The van der Waals surface area contributed by atoms with E-state index in [0.29, 0.717) is 18.3 Å². The van der Waals surface area contributed by atoms with E-state index in [1.807, 2.05) is 6.92 Å². The third kappa shape index (κ3) is 8.24. The van der Waals surface area contributed by atoms with Crippen LogP contribution in [0, 0.1) is 0 Å². The largest absolute Gasteiger partial charge is 0.379 e. The van der Waals surface area contributed by atoms with E-state index < -0.39 is 0 Å². The highest BCUT2D eigenvalue weighted by atomic mass is 16.5. The maximum absolute atomic E-state index is 11.0. The lowest BCUT2D eigenvalue weighted by Crippen LogP contribution is -2.07. The summed E-state index contributed by atoms with van der Waals surface area (Å²) in [6, 6.07) is 0. The van der Waals surface area contributed by atoms with E-state index in [2.05, 4.69) is 13.8 Å². The molecular weight excluding hydrogens is 176 g/mol. The average Bonchev–Trinajstić information content (AvgIpc) is 2.22. The Morgan fingerprint density at radius 3 is 2.50 bits per heavy atom. The monoisotopic (exact) mass is 200 g/mol. The number of ketones is 1. The molecule has 0 aromatic heterocycles. The van der Waals surface area contributed by atoms with Crippen LogP contribution in [0.4, 0.5) is 0 Å². The second-order valence-corrected chi connectivity index (χ2v) is 3.79. The molecule has 0 aliphatic carbocycles. The van der Waals surface area contributed by atoms with Crippen LogP contribution in [0.5, 0.6) is 0 Å². The Morgan fingerprint density at radius 2 is 1.93 bits per heavy atom. The zero-order valence-electron chi connectivity index (χ0n) is 9.84. The van der Waals surface area contributed by atoms with Gasteiger partial charge in [0, 0.05) is 19.4 Å². The van der Waals surface area contributed by atoms with Crippen molar-refractivity contribution in [3.8, 4) is 0 Å². The summed E-state index contributed by atoms with van der Waals surface area (Å²) < 4.78 is 5.54. The minimum absolute atomic E-state index is 0.382. The zero-order valence-corrected chi connectivity index (χ0v) is 9.84. The average molecular weight is 200 g/mol. The van der Waals surface area contributed by atoms with Crippen molar-refractivity contribution in [3.63, 3.8) is 0 Å². The van der Waals surface area contributed by atoms with Gasteiger partial charge in [-0.15, -0.1) is 0 Å². The van der Waals surface area contributed by atoms with Crippen molar-refractivity contribution in [2.24, 2.45) is 0 Å². The molecule has 0 aliphatic heterocycles. The number of carbonyl (C=O) groups excluding carboxylic acids is 1. The normalized spacial score (nSPS) is 12.8. The molecule has 0 bridgehead atoms. The van der Waals surface area contributed by atoms with Crippen LogP contribution in [-0.4, -0.2) is 18.5 Å². The summed E-state index contributed by atoms with van der Waals surface area (Å²) in [7, 11) is 0. The fourth-order valence-corrected chi connectivity index (χ4v) is 1.18. The maximum Gasteiger partial charge on any atom is 0.132 e. The van der Waals surface area contributed by atoms with Crippen molar-refractivity contribution in [2.75, 3.05) is 6.61 Å². The minimum atomic E-state index is 0.382. The quantitative estimate of drug-likeness (QED) is 0.534. The van der Waals surface area contributed by atoms with E-state index in [1.54, 1.807) is 0 Å². The summed E-state index contributed by atoms with van der Waals surface area (Å²) in [5.74, 6) is 0.382. The summed E-state index contributed by atoms with van der Waals surface area (Å²) in [5.41, 5.74) is 0. The van der Waals surface area contributed by atoms with Gasteiger partial charge in [-0.2, -0.15) is 0 Å². The summed E-state index contributed by atoms with van der Waals surface area (Å²) in [6.45, 7) is 6.99. The van der Waals surface area contributed by atoms with Crippen LogP contribution < -0.4 is 0 Å². The Labute approximate surface area is 88.0 Å². The molecule has 0 rings (SSSR count). The predicted octanol–water partition coefficient (Wildman–Crippen LogP) is 3.34. The SMILES string of the molecule is CCC(=O)CCCCCOC(C)CC. The van der Waals surface area contributed by atoms with Crippen LogP contribution >= 0.6 is 0 Å². The van der Waals surface area contributed by atoms with Gasteiger partial charge in [0.1, 0.15) is 5.78 Å². The number of Topliss-reactive ketones (excluding diaryl/α,β-unsaturated/α-hetero) is 1. The molecule has 1 unspecified atom stereocenters. The van der Waals surface area contributed by atoms with Gasteiger partial charge in [0.25, 0.3) is 0 Å². The highest BCUT2D eigenvalue weighted by molar-refractivity contribution is 5.77. The number of hydrogen-bond acceptors (Lipinski definition) is 2. The van der Waals surface area contributed by atoms with E-state index >= 15 is 0 Å². The molecule has 14 heavy (non-hydrogen) atoms. The molecule has 0 N–H and O–H groups in total. The lowest BCUT2D eigenvalue weighted by atomic mass is 10.1. The van der Waals surface area contributed by atoms with E-state index in [1.165, 1.54) is 0 Å². The molecule has 0 saturated heterocycles. The van der Waals surface area contributed by atoms with Gasteiger partial charge in [0.2, 0.25) is 0 Å². The molecule has 0 heterocycles. The number of carbonyl (C=O) groups is 1. The topological polar surface area (TPSA) is 26.3 Å². The van der Waals surface area contributed by atoms with Gasteiger partial charge >= 0.3 is 0 Å². The van der Waals surface area contributed by atoms with Crippen LogP contribution in [0.3, 0.4) is 0 Å². The summed E-state index contributed by atoms with van der Waals surface area (Å²) in [5, 5.41) is 0. The second kappa shape index (κ2) is 9.20. The van der Waals surface area contributed by atoms with Gasteiger partial charge < -0.3 is 4.74 Å². The standard InChI is InChI=1S/C12H24O2/c1-4-11(3)14-10-8-6-7-9-12(13)5-2/h11H,4-10H2,1-3H3. The molecule has 0 aliphatic rings. The van der Waals surface area contributed by atoms with Gasteiger partial charge in [-0.3, -0.25) is 4.79 Å². The second-order valence-electron chi connectivity index (χ2n) is 3.79. The van der Waals surface area contributed by atoms with E-state index in [9.17, 15) is 4.79 Å². The summed E-state index contributed by atoms with van der Waals surface area (Å²) >= 11 is 0. The Morgan fingerprint density at radius 1 is 1.21 bits per heavy atom. The number of rotatable bonds is 9. The van der Waals surface area contributed by atoms with Crippen LogP contribution in [0.2, 0.25) is 0 Å². The van der Waals surface area contributed by atoms with Crippen molar-refractivity contribution in [2.45, 2.75) is 65.4 Å². The predicted molar refractivity (Wildman–Crippen MR) is 59.5 cm³/mol. The van der Waals surface area contributed by atoms with E-state index in [0.717, 1.165) is 38.7 Å². The molecule has 0 saturated carbocycles. The highest BCUT2D eigenvalue weighted by Crippen LogP contribution is 2.04. The third-order valence-electron chi connectivity index (χ3n) is 2.47. The molecule has 0 radical (unpaired) electrons. The molecule has 0 fully saturated rings. The first-order chi connectivity index (χ1) is 6.70. The summed E-state index contributed by atoms with van der Waals surface area (Å²) in [4.78, 5) is 11.0. The lowest BCUT2D eigenvalue weighted by Gasteiger charge is -2.09. The molecule has 0 spiro atoms. The van der Waals surface area contributed by atoms with Gasteiger partial charge in [-0.25, -0.2) is 0 Å². The van der Waals surface area contributed by atoms with Crippen molar-refractivity contribution in [1.82, 2.24) is 0 Å². The molecule has 0 amide bonds. The Kier molecular flexibility index (Phi) is 8.95. The van der Waals surface area contributed by atoms with Crippen molar-refractivity contribution < 1.29 is 9.53 Å². The van der Waals surface area contributed by atoms with E-state index in [-0.39, 0.29) is 0 Å². The Hall–Kier alpha value is -0.370. The fourth-order valence-electron chi connectivity index (χ4n) is 1.18. The first-order valence-electron chi connectivity index (χ1n) is 5.84. The molecule has 2 nitrogen and oxygen atoms in total. The first-order valence-corrected chi connectivity index (χ1v) is 5.84. The number of unbranched alkanes of at least 4 members (excludes halogenated alkanes) is 2. The highest BCUT2D eigenvalue weighted by Gasteiger charge is 1.99. The number of hydrogen-bond donors (Lipinski definition) is 0. The lowest BCUT2D eigenvalue weighted by molar-refractivity contribution is -0.118. The van der Waals surface area contributed by atoms with Gasteiger partial charge in [-0.1, -0.05) is 20.3 Å². The van der Waals surface area contributed by atoms with Crippen molar-refractivity contribution >= 4 is 5.78 Å². The smallest absolute Gasteiger partial charge is 0.132 e. The molecule has 0 aromatic carbocycles. The van der Waals surface area contributed by atoms with Gasteiger partial charge in [0.05, 0.1) is 6.10 Å². The first kappa shape index (κ1) is 13.6. The molecule has 1 atom stereocenters. The minimum Gasteiger partial charge on any atom is -0.379 e. The number of ether oxygens (including phenoxy) is 1. The van der Waals surface area contributed by atoms with Crippen molar-refractivity contribution in [3.05, 3.63) is 0 Å². The maximum atomic E-state index is 11.0. The zero-order chi connectivity index (χ0) is 10.8. The molecular formula is C12H24O2.